The predicted octanol–water partition coefficient (Wildman–Crippen LogP) is 3.01. The molecule has 0 aliphatic carbocycles. The van der Waals surface area contributed by atoms with Crippen LogP contribution in [-0.2, 0) is 6.18 Å². The zero-order valence-corrected chi connectivity index (χ0v) is 8.25. The number of ether oxygens (including phenoxy) is 1. The van der Waals surface area contributed by atoms with Gasteiger partial charge >= 0.3 is 6.18 Å². The summed E-state index contributed by atoms with van der Waals surface area (Å²) in [6.45, 7) is 1.85. The first-order valence-electron chi connectivity index (χ1n) is 4.34. The van der Waals surface area contributed by atoms with Crippen LogP contribution in [-0.4, -0.2) is 11.5 Å². The van der Waals surface area contributed by atoms with Crippen molar-refractivity contribution < 1.29 is 22.8 Å². The lowest BCUT2D eigenvalue weighted by Crippen LogP contribution is -2.09. The number of nitro groups is 1. The van der Waals surface area contributed by atoms with Gasteiger partial charge in [0, 0.05) is 0 Å². The molecule has 0 aliphatic rings. The fourth-order valence-corrected chi connectivity index (χ4v) is 1.16. The lowest BCUT2D eigenvalue weighted by atomic mass is 10.1. The van der Waals surface area contributed by atoms with E-state index in [0.717, 1.165) is 12.1 Å². The fraction of sp³-hybridized carbons (Fsp3) is 0.333. The van der Waals surface area contributed by atoms with Crippen LogP contribution in [0, 0.1) is 10.1 Å². The quantitative estimate of drug-likeness (QED) is 0.597. The van der Waals surface area contributed by atoms with E-state index in [4.69, 9.17) is 4.74 Å². The summed E-state index contributed by atoms with van der Waals surface area (Å²) < 4.78 is 42.0. The largest absolute Gasteiger partial charge is 0.494 e. The van der Waals surface area contributed by atoms with Gasteiger partial charge in [-0.3, -0.25) is 10.1 Å². The maximum Gasteiger partial charge on any atom is 0.423 e. The van der Waals surface area contributed by atoms with E-state index in [9.17, 15) is 23.3 Å². The standard InChI is InChI=1S/C9H8F3NO3/c1-2-16-6-3-4-7(9(10,11)12)8(5-6)13(14)15/h3-5H,2H2,1H3. The van der Waals surface area contributed by atoms with E-state index in [1.807, 2.05) is 0 Å². The Morgan fingerprint density at radius 2 is 2.06 bits per heavy atom. The van der Waals surface area contributed by atoms with Crippen molar-refractivity contribution in [3.63, 3.8) is 0 Å². The second kappa shape index (κ2) is 4.38. The molecule has 0 N–H and O–H groups in total. The molecule has 1 aromatic carbocycles. The SMILES string of the molecule is CCOc1ccc(C(F)(F)F)c([N+](=O)[O-])c1. The molecule has 0 aromatic heterocycles. The summed E-state index contributed by atoms with van der Waals surface area (Å²) in [5.74, 6) is 0.0437. The van der Waals surface area contributed by atoms with Crippen molar-refractivity contribution in [2.45, 2.75) is 13.1 Å². The van der Waals surface area contributed by atoms with Crippen molar-refractivity contribution in [3.8, 4) is 5.75 Å². The third kappa shape index (κ3) is 2.62. The average molecular weight is 235 g/mol. The first-order chi connectivity index (χ1) is 7.36. The summed E-state index contributed by atoms with van der Waals surface area (Å²) in [6, 6.07) is 2.47. The van der Waals surface area contributed by atoms with Crippen LogP contribution < -0.4 is 4.74 Å². The average Bonchev–Trinajstić information content (AvgIpc) is 2.16. The van der Waals surface area contributed by atoms with E-state index in [1.165, 1.54) is 0 Å². The minimum atomic E-state index is -4.74. The maximum absolute atomic E-state index is 12.4. The molecule has 88 valence electrons. The molecular weight excluding hydrogens is 227 g/mol. The second-order valence-corrected chi connectivity index (χ2v) is 2.87. The van der Waals surface area contributed by atoms with Crippen molar-refractivity contribution in [1.29, 1.82) is 0 Å². The van der Waals surface area contributed by atoms with Crippen molar-refractivity contribution in [2.75, 3.05) is 6.61 Å². The molecule has 1 aromatic rings. The van der Waals surface area contributed by atoms with Crippen LogP contribution in [0.5, 0.6) is 5.75 Å². The monoisotopic (exact) mass is 235 g/mol. The van der Waals surface area contributed by atoms with Crippen LogP contribution in [0.1, 0.15) is 12.5 Å². The summed E-state index contributed by atoms with van der Waals surface area (Å²) >= 11 is 0. The lowest BCUT2D eigenvalue weighted by Gasteiger charge is -2.09. The molecule has 4 nitrogen and oxygen atoms in total. The fourth-order valence-electron chi connectivity index (χ4n) is 1.16. The minimum Gasteiger partial charge on any atom is -0.494 e. The topological polar surface area (TPSA) is 52.4 Å². The molecule has 0 radical (unpaired) electrons. The van der Waals surface area contributed by atoms with Crippen molar-refractivity contribution in [1.82, 2.24) is 0 Å². The van der Waals surface area contributed by atoms with E-state index >= 15 is 0 Å². The first-order valence-corrected chi connectivity index (χ1v) is 4.34. The van der Waals surface area contributed by atoms with E-state index in [1.54, 1.807) is 6.92 Å². The van der Waals surface area contributed by atoms with Gasteiger partial charge in [-0.2, -0.15) is 13.2 Å². The second-order valence-electron chi connectivity index (χ2n) is 2.87. The van der Waals surface area contributed by atoms with E-state index < -0.39 is 22.4 Å². The number of hydrogen-bond donors (Lipinski definition) is 0. The molecule has 16 heavy (non-hydrogen) atoms. The van der Waals surface area contributed by atoms with E-state index in [-0.39, 0.29) is 12.4 Å². The van der Waals surface area contributed by atoms with Crippen molar-refractivity contribution >= 4 is 5.69 Å². The summed E-state index contributed by atoms with van der Waals surface area (Å²) in [4.78, 5) is 9.40. The highest BCUT2D eigenvalue weighted by Crippen LogP contribution is 2.37. The van der Waals surface area contributed by atoms with Crippen molar-refractivity contribution in [3.05, 3.63) is 33.9 Å². The van der Waals surface area contributed by atoms with Gasteiger partial charge < -0.3 is 4.74 Å². The highest BCUT2D eigenvalue weighted by Gasteiger charge is 2.38. The molecule has 0 aliphatic heterocycles. The van der Waals surface area contributed by atoms with Crippen LogP contribution in [0.15, 0.2) is 18.2 Å². The maximum atomic E-state index is 12.4. The Labute approximate surface area is 88.8 Å². The lowest BCUT2D eigenvalue weighted by molar-refractivity contribution is -0.388. The number of nitrogens with zero attached hydrogens (tertiary/aromatic N) is 1. The van der Waals surface area contributed by atoms with Crippen LogP contribution in [0.25, 0.3) is 0 Å². The smallest absolute Gasteiger partial charge is 0.423 e. The molecule has 1 rings (SSSR count). The summed E-state index contributed by atoms with van der Waals surface area (Å²) in [6.07, 6.45) is -4.74. The number of alkyl halides is 3. The van der Waals surface area contributed by atoms with Crippen LogP contribution in [0.3, 0.4) is 0 Å². The minimum absolute atomic E-state index is 0.0437. The van der Waals surface area contributed by atoms with Gasteiger partial charge in [0.25, 0.3) is 5.69 Å². The molecule has 0 unspecified atom stereocenters. The van der Waals surface area contributed by atoms with Gasteiger partial charge in [0.2, 0.25) is 0 Å². The van der Waals surface area contributed by atoms with Gasteiger partial charge in [0.15, 0.2) is 0 Å². The number of rotatable bonds is 3. The molecule has 0 heterocycles. The van der Waals surface area contributed by atoms with Crippen LogP contribution >= 0.6 is 0 Å². The summed E-state index contributed by atoms with van der Waals surface area (Å²) in [5.41, 5.74) is -2.28. The number of nitro benzene ring substituents is 1. The van der Waals surface area contributed by atoms with Gasteiger partial charge in [-0.05, 0) is 19.1 Å². The van der Waals surface area contributed by atoms with Gasteiger partial charge in [-0.15, -0.1) is 0 Å². The Morgan fingerprint density at radius 3 is 2.50 bits per heavy atom. The Hall–Kier alpha value is -1.79. The molecule has 7 heteroatoms. The first kappa shape index (κ1) is 12.3. The molecule has 0 amide bonds. The molecule has 0 saturated carbocycles. The Morgan fingerprint density at radius 1 is 1.44 bits per heavy atom. The molecular formula is C9H8F3NO3. The highest BCUT2D eigenvalue weighted by molar-refractivity contribution is 5.47. The third-order valence-electron chi connectivity index (χ3n) is 1.78. The zero-order valence-electron chi connectivity index (χ0n) is 8.25. The number of hydrogen-bond acceptors (Lipinski definition) is 3. The molecule has 0 bridgehead atoms. The molecule has 0 saturated heterocycles. The molecule has 0 spiro atoms. The predicted molar refractivity (Wildman–Crippen MR) is 49.3 cm³/mol. The third-order valence-corrected chi connectivity index (χ3v) is 1.78. The summed E-state index contributed by atoms with van der Waals surface area (Å²) in [5, 5.41) is 10.5. The highest BCUT2D eigenvalue weighted by atomic mass is 19.4. The Kier molecular flexibility index (Phi) is 3.36. The van der Waals surface area contributed by atoms with Gasteiger partial charge in [0.1, 0.15) is 11.3 Å². The van der Waals surface area contributed by atoms with Crippen molar-refractivity contribution in [2.24, 2.45) is 0 Å². The van der Waals surface area contributed by atoms with Crippen LogP contribution in [0.2, 0.25) is 0 Å². The molecule has 0 fully saturated rings. The molecule has 0 atom stereocenters. The van der Waals surface area contributed by atoms with Gasteiger partial charge in [-0.25, -0.2) is 0 Å². The number of halogens is 3. The van der Waals surface area contributed by atoms with Gasteiger partial charge in [-0.1, -0.05) is 0 Å². The number of benzene rings is 1. The van der Waals surface area contributed by atoms with Gasteiger partial charge in [0.05, 0.1) is 17.6 Å². The van der Waals surface area contributed by atoms with E-state index in [2.05, 4.69) is 0 Å². The zero-order chi connectivity index (χ0) is 12.3. The Balaban J connectivity index is 3.25. The normalized spacial score (nSPS) is 11.2. The van der Waals surface area contributed by atoms with Crippen LogP contribution in [0.4, 0.5) is 18.9 Å². The van der Waals surface area contributed by atoms with E-state index in [0.29, 0.717) is 6.07 Å². The summed E-state index contributed by atoms with van der Waals surface area (Å²) in [7, 11) is 0. The Bertz CT molecular complexity index is 403.